The lowest BCUT2D eigenvalue weighted by Gasteiger charge is -2.32. The Kier molecular flexibility index (Phi) is 6.29. The lowest BCUT2D eigenvalue weighted by Crippen LogP contribution is -2.44. The number of anilines is 1. The van der Waals surface area contributed by atoms with Crippen molar-refractivity contribution in [2.75, 3.05) is 84.6 Å². The lowest BCUT2D eigenvalue weighted by molar-refractivity contribution is 0.145. The van der Waals surface area contributed by atoms with Gasteiger partial charge in [0.2, 0.25) is 0 Å². The number of fused-ring (bicyclic) bond motifs is 3. The molecule has 0 spiro atoms. The van der Waals surface area contributed by atoms with Crippen molar-refractivity contribution < 1.29 is 9.47 Å². The molecule has 0 amide bonds. The molecule has 2 aromatic heterocycles. The van der Waals surface area contributed by atoms with Crippen LogP contribution < -0.4 is 19.7 Å². The van der Waals surface area contributed by atoms with E-state index in [1.807, 2.05) is 6.07 Å². The van der Waals surface area contributed by atoms with Gasteiger partial charge in [0.15, 0.2) is 11.5 Å². The van der Waals surface area contributed by atoms with Gasteiger partial charge in [0.05, 0.1) is 24.6 Å². The van der Waals surface area contributed by atoms with E-state index in [-0.39, 0.29) is 0 Å². The Balaban J connectivity index is 1.34. The van der Waals surface area contributed by atoms with Crippen LogP contribution in [0.1, 0.15) is 6.42 Å². The van der Waals surface area contributed by atoms with E-state index in [1.165, 1.54) is 0 Å². The molecule has 0 atom stereocenters. The van der Waals surface area contributed by atoms with Crippen molar-refractivity contribution in [3.8, 4) is 11.5 Å². The molecule has 2 N–H and O–H groups in total. The first-order chi connectivity index (χ1) is 15.7. The maximum Gasteiger partial charge on any atom is 0.163 e. The van der Waals surface area contributed by atoms with Crippen molar-refractivity contribution in [1.82, 2.24) is 30.1 Å². The second-order valence-electron chi connectivity index (χ2n) is 8.68. The molecule has 0 bridgehead atoms. The summed E-state index contributed by atoms with van der Waals surface area (Å²) in [5, 5.41) is 5.51. The van der Waals surface area contributed by atoms with Crippen LogP contribution in [0.15, 0.2) is 18.5 Å². The van der Waals surface area contributed by atoms with E-state index >= 15 is 0 Å². The van der Waals surface area contributed by atoms with Gasteiger partial charge in [-0.15, -0.1) is 0 Å². The number of H-pyrrole nitrogens is 1. The van der Waals surface area contributed by atoms with Crippen LogP contribution in [0.2, 0.25) is 0 Å². The number of methoxy groups -OCH3 is 1. The Bertz CT molecular complexity index is 1060. The molecule has 0 saturated carbocycles. The number of nitrogens with zero attached hydrogens (tertiary/aromatic N) is 5. The van der Waals surface area contributed by atoms with Crippen LogP contribution >= 0.6 is 0 Å². The van der Waals surface area contributed by atoms with E-state index < -0.39 is 0 Å². The van der Waals surface area contributed by atoms with E-state index in [4.69, 9.17) is 9.47 Å². The van der Waals surface area contributed by atoms with Crippen molar-refractivity contribution in [2.24, 2.45) is 0 Å². The predicted octanol–water partition coefficient (Wildman–Crippen LogP) is 1.55. The number of hydrogen-bond donors (Lipinski definition) is 2. The fourth-order valence-electron chi connectivity index (χ4n) is 4.65. The summed E-state index contributed by atoms with van der Waals surface area (Å²) in [6.45, 7) is 10.1. The molecule has 32 heavy (non-hydrogen) atoms. The number of aromatic nitrogens is 3. The molecule has 0 aliphatic carbocycles. The molecule has 5 rings (SSSR count). The summed E-state index contributed by atoms with van der Waals surface area (Å²) in [5.41, 5.74) is 1.84. The topological polar surface area (TPSA) is 81.8 Å². The zero-order valence-electron chi connectivity index (χ0n) is 19.1. The maximum atomic E-state index is 6.15. The quantitative estimate of drug-likeness (QED) is 0.537. The first-order valence-electron chi connectivity index (χ1n) is 11.6. The lowest BCUT2D eigenvalue weighted by atomic mass is 10.1. The second kappa shape index (κ2) is 9.48. The highest BCUT2D eigenvalue weighted by Crippen LogP contribution is 2.38. The standard InChI is InChI=1S/C23H33N7O2/c1-28-9-11-29(12-10-28)6-3-13-32-20-15-18-17(14-19(20)31-2)21-22(27-18)25-16-26-23(21)30-7-4-24-5-8-30/h14-16,24H,3-13H2,1-2H3,(H,25,26,27). The molecule has 2 saturated heterocycles. The van der Waals surface area contributed by atoms with E-state index in [2.05, 4.69) is 48.1 Å². The number of benzene rings is 1. The molecule has 1 aromatic carbocycles. The Hall–Kier alpha value is -2.62. The number of ether oxygens (including phenoxy) is 2. The third kappa shape index (κ3) is 4.32. The van der Waals surface area contributed by atoms with Crippen LogP contribution in [0.4, 0.5) is 5.82 Å². The minimum atomic E-state index is 0.667. The van der Waals surface area contributed by atoms with Gasteiger partial charge in [-0.05, 0) is 19.5 Å². The van der Waals surface area contributed by atoms with Gasteiger partial charge in [0.25, 0.3) is 0 Å². The van der Waals surface area contributed by atoms with Gasteiger partial charge in [0.1, 0.15) is 17.8 Å². The minimum Gasteiger partial charge on any atom is -0.493 e. The van der Waals surface area contributed by atoms with Crippen molar-refractivity contribution >= 4 is 27.8 Å². The summed E-state index contributed by atoms with van der Waals surface area (Å²) in [5.74, 6) is 2.49. The molecule has 172 valence electrons. The maximum absolute atomic E-state index is 6.15. The van der Waals surface area contributed by atoms with Gasteiger partial charge < -0.3 is 34.5 Å². The Morgan fingerprint density at radius 1 is 1.00 bits per heavy atom. The molecule has 9 nitrogen and oxygen atoms in total. The molecule has 2 fully saturated rings. The molecular formula is C23H33N7O2. The fraction of sp³-hybridized carbons (Fsp3) is 0.565. The van der Waals surface area contributed by atoms with Gasteiger partial charge in [-0.25, -0.2) is 9.97 Å². The largest absolute Gasteiger partial charge is 0.493 e. The molecule has 9 heteroatoms. The summed E-state index contributed by atoms with van der Waals surface area (Å²) < 4.78 is 11.9. The Morgan fingerprint density at radius 2 is 1.81 bits per heavy atom. The number of likely N-dealkylation sites (N-methyl/N-ethyl adjacent to an activating group) is 1. The highest BCUT2D eigenvalue weighted by Gasteiger charge is 2.20. The monoisotopic (exact) mass is 439 g/mol. The third-order valence-corrected chi connectivity index (χ3v) is 6.54. The van der Waals surface area contributed by atoms with Crippen LogP contribution in [0, 0.1) is 0 Å². The Labute approximate surface area is 188 Å². The average Bonchev–Trinajstić information content (AvgIpc) is 3.20. The zero-order valence-corrected chi connectivity index (χ0v) is 19.1. The number of rotatable bonds is 7. The predicted molar refractivity (Wildman–Crippen MR) is 127 cm³/mol. The highest BCUT2D eigenvalue weighted by atomic mass is 16.5. The number of hydrogen-bond acceptors (Lipinski definition) is 8. The van der Waals surface area contributed by atoms with Crippen molar-refractivity contribution in [1.29, 1.82) is 0 Å². The summed E-state index contributed by atoms with van der Waals surface area (Å²) in [6.07, 6.45) is 2.64. The van der Waals surface area contributed by atoms with Crippen LogP contribution in [0.25, 0.3) is 21.9 Å². The normalized spacial score (nSPS) is 18.5. The summed E-state index contributed by atoms with van der Waals surface area (Å²) >= 11 is 0. The zero-order chi connectivity index (χ0) is 21.9. The summed E-state index contributed by atoms with van der Waals surface area (Å²) in [6, 6.07) is 4.09. The summed E-state index contributed by atoms with van der Waals surface area (Å²) in [7, 11) is 3.88. The van der Waals surface area contributed by atoms with Gasteiger partial charge in [-0.1, -0.05) is 0 Å². The van der Waals surface area contributed by atoms with Gasteiger partial charge in [-0.2, -0.15) is 0 Å². The molecule has 0 unspecified atom stereocenters. The highest BCUT2D eigenvalue weighted by molar-refractivity contribution is 6.12. The van der Waals surface area contributed by atoms with Crippen LogP contribution in [-0.4, -0.2) is 104 Å². The van der Waals surface area contributed by atoms with Crippen molar-refractivity contribution in [3.05, 3.63) is 18.5 Å². The van der Waals surface area contributed by atoms with Crippen molar-refractivity contribution in [2.45, 2.75) is 6.42 Å². The van der Waals surface area contributed by atoms with Crippen LogP contribution in [-0.2, 0) is 0 Å². The molecule has 3 aromatic rings. The molecule has 2 aliphatic heterocycles. The van der Waals surface area contributed by atoms with Gasteiger partial charge >= 0.3 is 0 Å². The Morgan fingerprint density at radius 3 is 2.59 bits per heavy atom. The van der Waals surface area contributed by atoms with E-state index in [9.17, 15) is 0 Å². The first kappa shape index (κ1) is 21.2. The molecule has 0 radical (unpaired) electrons. The summed E-state index contributed by atoms with van der Waals surface area (Å²) in [4.78, 5) is 19.8. The second-order valence-corrected chi connectivity index (χ2v) is 8.68. The van der Waals surface area contributed by atoms with Crippen molar-refractivity contribution in [3.63, 3.8) is 0 Å². The SMILES string of the molecule is COc1cc2c(cc1OCCCN1CCN(C)CC1)[nH]c1ncnc(N3CCNCC3)c12. The van der Waals surface area contributed by atoms with E-state index in [0.717, 1.165) is 105 Å². The van der Waals surface area contributed by atoms with Crippen LogP contribution in [0.3, 0.4) is 0 Å². The number of nitrogens with one attached hydrogen (secondary N) is 2. The molecular weight excluding hydrogens is 406 g/mol. The average molecular weight is 440 g/mol. The number of piperazine rings is 2. The molecule has 4 heterocycles. The van der Waals surface area contributed by atoms with Gasteiger partial charge in [0, 0.05) is 70.4 Å². The van der Waals surface area contributed by atoms with E-state index in [0.29, 0.717) is 6.61 Å². The fourth-order valence-corrected chi connectivity index (χ4v) is 4.65. The first-order valence-corrected chi connectivity index (χ1v) is 11.6. The third-order valence-electron chi connectivity index (χ3n) is 6.54. The number of aromatic amines is 1. The van der Waals surface area contributed by atoms with E-state index in [1.54, 1.807) is 13.4 Å². The smallest absolute Gasteiger partial charge is 0.163 e. The van der Waals surface area contributed by atoms with Gasteiger partial charge in [-0.3, -0.25) is 0 Å². The van der Waals surface area contributed by atoms with Crippen LogP contribution in [0.5, 0.6) is 11.5 Å². The molecule has 2 aliphatic rings. The minimum absolute atomic E-state index is 0.667.